The fourth-order valence-electron chi connectivity index (χ4n) is 7.57. The SMILES string of the molecule is CCc1cc(CC(OC(=O)N2CCC(N3CCc4ccccc4NC3=O)CC2)C(=O)N2CCN(C3CCOCC3)CC2)cc(C)c1O. The average molecular weight is 648 g/mol. The number of phenolic OH excluding ortho intramolecular Hbond substituents is 1. The quantitative estimate of drug-likeness (QED) is 0.463. The highest BCUT2D eigenvalue weighted by atomic mass is 16.6. The summed E-state index contributed by atoms with van der Waals surface area (Å²) in [6.45, 7) is 9.68. The first-order valence-corrected chi connectivity index (χ1v) is 17.3. The van der Waals surface area contributed by atoms with Gasteiger partial charge in [0.05, 0.1) is 0 Å². The number of nitrogens with zero attached hydrogens (tertiary/aromatic N) is 4. The molecule has 2 N–H and O–H groups in total. The van der Waals surface area contributed by atoms with Crippen LogP contribution in [0, 0.1) is 6.92 Å². The molecule has 4 amide bonds. The Morgan fingerprint density at radius 2 is 1.68 bits per heavy atom. The summed E-state index contributed by atoms with van der Waals surface area (Å²) < 4.78 is 11.6. The molecule has 6 rings (SSSR count). The number of likely N-dealkylation sites (tertiary alicyclic amines) is 1. The largest absolute Gasteiger partial charge is 0.507 e. The van der Waals surface area contributed by atoms with Crippen LogP contribution in [0.1, 0.15) is 54.9 Å². The molecule has 0 aliphatic carbocycles. The zero-order chi connectivity index (χ0) is 32.9. The molecule has 0 spiro atoms. The van der Waals surface area contributed by atoms with Crippen LogP contribution < -0.4 is 5.32 Å². The molecule has 1 unspecified atom stereocenters. The number of para-hydroxylation sites is 1. The molecule has 11 nitrogen and oxygen atoms in total. The fraction of sp³-hybridized carbons (Fsp3) is 0.583. The third-order valence-electron chi connectivity index (χ3n) is 10.4. The van der Waals surface area contributed by atoms with E-state index in [1.807, 2.05) is 60.0 Å². The first-order valence-electron chi connectivity index (χ1n) is 17.3. The van der Waals surface area contributed by atoms with Crippen LogP contribution >= 0.6 is 0 Å². The molecule has 0 radical (unpaired) electrons. The van der Waals surface area contributed by atoms with Gasteiger partial charge in [0, 0.05) is 83.2 Å². The lowest BCUT2D eigenvalue weighted by Gasteiger charge is -2.41. The Labute approximate surface area is 277 Å². The smallest absolute Gasteiger partial charge is 0.410 e. The van der Waals surface area contributed by atoms with Gasteiger partial charge in [-0.05, 0) is 73.8 Å². The predicted octanol–water partition coefficient (Wildman–Crippen LogP) is 4.19. The van der Waals surface area contributed by atoms with Crippen molar-refractivity contribution in [3.8, 4) is 5.75 Å². The van der Waals surface area contributed by atoms with Crippen LogP contribution in [0.4, 0.5) is 15.3 Å². The number of aromatic hydroxyl groups is 1. The Kier molecular flexibility index (Phi) is 10.5. The number of carbonyl (C=O) groups is 3. The van der Waals surface area contributed by atoms with Gasteiger partial charge >= 0.3 is 12.1 Å². The molecule has 254 valence electrons. The molecule has 2 aromatic rings. The lowest BCUT2D eigenvalue weighted by atomic mass is 9.98. The van der Waals surface area contributed by atoms with Crippen molar-refractivity contribution < 1.29 is 29.0 Å². The van der Waals surface area contributed by atoms with E-state index in [1.165, 1.54) is 0 Å². The van der Waals surface area contributed by atoms with Gasteiger partial charge in [-0.25, -0.2) is 9.59 Å². The van der Waals surface area contributed by atoms with E-state index in [9.17, 15) is 19.5 Å². The first-order chi connectivity index (χ1) is 22.8. The summed E-state index contributed by atoms with van der Waals surface area (Å²) in [6, 6.07) is 12.1. The molecule has 3 saturated heterocycles. The van der Waals surface area contributed by atoms with Crippen molar-refractivity contribution in [2.24, 2.45) is 0 Å². The Bertz CT molecular complexity index is 1430. The number of phenols is 1. The van der Waals surface area contributed by atoms with Crippen LogP contribution in [0.5, 0.6) is 5.75 Å². The second-order valence-electron chi connectivity index (χ2n) is 13.3. The monoisotopic (exact) mass is 647 g/mol. The highest BCUT2D eigenvalue weighted by molar-refractivity contribution is 5.91. The van der Waals surface area contributed by atoms with Gasteiger partial charge < -0.3 is 34.6 Å². The molecule has 0 aromatic heterocycles. The molecule has 0 saturated carbocycles. The molecule has 4 heterocycles. The Balaban J connectivity index is 1.10. The average Bonchev–Trinajstić information content (AvgIpc) is 3.27. The van der Waals surface area contributed by atoms with Crippen molar-refractivity contribution in [3.63, 3.8) is 0 Å². The fourth-order valence-corrected chi connectivity index (χ4v) is 7.57. The number of aryl methyl sites for hydroxylation is 2. The number of carbonyl (C=O) groups excluding carboxylic acids is 3. The van der Waals surface area contributed by atoms with Gasteiger partial charge in [-0.2, -0.15) is 0 Å². The van der Waals surface area contributed by atoms with E-state index >= 15 is 0 Å². The van der Waals surface area contributed by atoms with Crippen molar-refractivity contribution in [3.05, 3.63) is 58.7 Å². The number of nitrogens with one attached hydrogen (secondary N) is 1. The summed E-state index contributed by atoms with van der Waals surface area (Å²) in [5, 5.41) is 13.6. The number of hydrogen-bond acceptors (Lipinski definition) is 7. The number of rotatable bonds is 7. The van der Waals surface area contributed by atoms with Crippen molar-refractivity contribution in [2.75, 3.05) is 64.3 Å². The maximum absolute atomic E-state index is 14.0. The van der Waals surface area contributed by atoms with E-state index in [-0.39, 0.29) is 30.2 Å². The van der Waals surface area contributed by atoms with Gasteiger partial charge in [-0.15, -0.1) is 0 Å². The number of benzene rings is 2. The van der Waals surface area contributed by atoms with Crippen LogP contribution in [0.2, 0.25) is 0 Å². The molecular formula is C36H49N5O6. The van der Waals surface area contributed by atoms with Crippen LogP contribution in [-0.2, 0) is 33.5 Å². The maximum atomic E-state index is 14.0. The van der Waals surface area contributed by atoms with E-state index in [0.717, 1.165) is 73.5 Å². The molecule has 2 aromatic carbocycles. The molecule has 1 atom stereocenters. The van der Waals surface area contributed by atoms with E-state index in [4.69, 9.17) is 9.47 Å². The summed E-state index contributed by atoms with van der Waals surface area (Å²) in [5.74, 6) is 0.0923. The standard InChI is InChI=1S/C36H49N5O6/c1-3-27-23-26(22-25(2)33(27)42)24-32(34(43)39-18-16-38(17-19-39)29-11-20-46-21-12-29)47-36(45)40-13-9-30(10-14-40)41-15-8-28-6-4-5-7-31(28)37-35(41)44/h4-7,22-23,29-30,32,42H,3,8-21,24H2,1-2H3,(H,37,44). The van der Waals surface area contributed by atoms with Crippen LogP contribution in [0.3, 0.4) is 0 Å². The number of hydrogen-bond donors (Lipinski definition) is 2. The summed E-state index contributed by atoms with van der Waals surface area (Å²) in [5.41, 5.74) is 4.39. The lowest BCUT2D eigenvalue weighted by molar-refractivity contribution is -0.143. The number of ether oxygens (including phenoxy) is 2. The number of amides is 4. The number of fused-ring (bicyclic) bond motifs is 1. The molecule has 4 aliphatic rings. The van der Waals surface area contributed by atoms with Crippen molar-refractivity contribution in [1.82, 2.24) is 19.6 Å². The van der Waals surface area contributed by atoms with Crippen LogP contribution in [0.15, 0.2) is 36.4 Å². The molecule has 11 heteroatoms. The molecule has 47 heavy (non-hydrogen) atoms. The first kappa shape index (κ1) is 33.1. The highest BCUT2D eigenvalue weighted by Crippen LogP contribution is 2.28. The van der Waals surface area contributed by atoms with E-state index < -0.39 is 12.2 Å². The summed E-state index contributed by atoms with van der Waals surface area (Å²) in [4.78, 5) is 48.6. The molecule has 0 bridgehead atoms. The normalized spacial score (nSPS) is 20.7. The minimum Gasteiger partial charge on any atom is -0.507 e. The summed E-state index contributed by atoms with van der Waals surface area (Å²) in [6.07, 6.45) is 3.51. The lowest BCUT2D eigenvalue weighted by Crippen LogP contribution is -2.56. The Morgan fingerprint density at radius 3 is 2.40 bits per heavy atom. The number of urea groups is 1. The van der Waals surface area contributed by atoms with Gasteiger partial charge in [0.15, 0.2) is 6.10 Å². The topological polar surface area (TPSA) is 115 Å². The van der Waals surface area contributed by atoms with Gasteiger partial charge in [0.25, 0.3) is 5.91 Å². The van der Waals surface area contributed by atoms with Crippen molar-refractivity contribution >= 4 is 23.7 Å². The molecule has 4 aliphatic heterocycles. The second-order valence-corrected chi connectivity index (χ2v) is 13.3. The van der Waals surface area contributed by atoms with Gasteiger partial charge in [-0.1, -0.05) is 37.3 Å². The zero-order valence-corrected chi connectivity index (χ0v) is 27.8. The van der Waals surface area contributed by atoms with Gasteiger partial charge in [0.2, 0.25) is 0 Å². The zero-order valence-electron chi connectivity index (χ0n) is 27.8. The minimum absolute atomic E-state index is 0.0188. The van der Waals surface area contributed by atoms with E-state index in [0.29, 0.717) is 58.0 Å². The van der Waals surface area contributed by atoms with E-state index in [1.54, 1.807) is 4.90 Å². The third kappa shape index (κ3) is 7.67. The van der Waals surface area contributed by atoms with Crippen molar-refractivity contribution in [2.45, 2.75) is 77.0 Å². The summed E-state index contributed by atoms with van der Waals surface area (Å²) >= 11 is 0. The molecule has 3 fully saturated rings. The van der Waals surface area contributed by atoms with E-state index in [2.05, 4.69) is 10.2 Å². The second kappa shape index (κ2) is 14.9. The Hall–Kier alpha value is -3.83. The minimum atomic E-state index is -0.974. The number of piperazine rings is 1. The molecular weight excluding hydrogens is 598 g/mol. The summed E-state index contributed by atoms with van der Waals surface area (Å²) in [7, 11) is 0. The van der Waals surface area contributed by atoms with Crippen LogP contribution in [0.25, 0.3) is 0 Å². The van der Waals surface area contributed by atoms with Gasteiger partial charge in [0.1, 0.15) is 5.75 Å². The van der Waals surface area contributed by atoms with Gasteiger partial charge in [-0.3, -0.25) is 9.69 Å². The Morgan fingerprint density at radius 1 is 0.957 bits per heavy atom. The van der Waals surface area contributed by atoms with Crippen LogP contribution in [-0.4, -0.2) is 120 Å². The third-order valence-corrected chi connectivity index (χ3v) is 10.4. The number of piperidine rings is 1. The highest BCUT2D eigenvalue weighted by Gasteiger charge is 2.36. The predicted molar refractivity (Wildman–Crippen MR) is 179 cm³/mol. The van der Waals surface area contributed by atoms with Crippen molar-refractivity contribution in [1.29, 1.82) is 0 Å². The number of anilines is 1. The maximum Gasteiger partial charge on any atom is 0.410 e.